The topological polar surface area (TPSA) is 46.0 Å². The minimum Gasteiger partial charge on any atom is -0.389 e. The maximum atomic E-state index is 9.42. The van der Waals surface area contributed by atoms with E-state index >= 15 is 0 Å². The molecule has 0 aliphatic heterocycles. The van der Waals surface area contributed by atoms with Crippen LogP contribution in [-0.4, -0.2) is 15.1 Å². The Balaban J connectivity index is 3.13. The molecule has 3 heteroatoms. The van der Waals surface area contributed by atoms with Gasteiger partial charge in [-0.25, -0.2) is 9.97 Å². The highest BCUT2D eigenvalue weighted by Crippen LogP contribution is 2.21. The third kappa shape index (κ3) is 2.29. The first-order valence-electron chi connectivity index (χ1n) is 4.84. The predicted molar refractivity (Wildman–Crippen MR) is 56.1 cm³/mol. The largest absolute Gasteiger partial charge is 0.389 e. The van der Waals surface area contributed by atoms with Gasteiger partial charge in [0, 0.05) is 22.9 Å². The number of aliphatic hydroxyl groups is 1. The molecule has 1 atom stereocenters. The van der Waals surface area contributed by atoms with Crippen molar-refractivity contribution in [2.45, 2.75) is 46.1 Å². The SMILES string of the molecule is Cc1nc(C(C)(C)C)ncc1[C@H](C)O. The van der Waals surface area contributed by atoms with Gasteiger partial charge in [0.15, 0.2) is 0 Å². The highest BCUT2D eigenvalue weighted by molar-refractivity contribution is 5.20. The first kappa shape index (κ1) is 11.1. The Morgan fingerprint density at radius 1 is 1.36 bits per heavy atom. The number of hydrogen-bond acceptors (Lipinski definition) is 3. The van der Waals surface area contributed by atoms with Crippen molar-refractivity contribution in [1.29, 1.82) is 0 Å². The number of aromatic nitrogens is 2. The summed E-state index contributed by atoms with van der Waals surface area (Å²) < 4.78 is 0. The van der Waals surface area contributed by atoms with E-state index < -0.39 is 6.10 Å². The van der Waals surface area contributed by atoms with Crippen molar-refractivity contribution in [3.05, 3.63) is 23.3 Å². The summed E-state index contributed by atoms with van der Waals surface area (Å²) in [7, 11) is 0. The van der Waals surface area contributed by atoms with E-state index in [2.05, 4.69) is 30.7 Å². The summed E-state index contributed by atoms with van der Waals surface area (Å²) in [6.45, 7) is 9.85. The second-order valence-corrected chi connectivity index (χ2v) is 4.66. The average Bonchev–Trinajstić information content (AvgIpc) is 2.01. The molecule has 3 nitrogen and oxygen atoms in total. The molecule has 0 bridgehead atoms. The quantitative estimate of drug-likeness (QED) is 0.745. The van der Waals surface area contributed by atoms with Crippen molar-refractivity contribution in [2.75, 3.05) is 0 Å². The zero-order valence-electron chi connectivity index (χ0n) is 9.50. The third-order valence-corrected chi connectivity index (χ3v) is 2.14. The first-order chi connectivity index (χ1) is 6.32. The van der Waals surface area contributed by atoms with Crippen LogP contribution in [0.1, 0.15) is 50.9 Å². The van der Waals surface area contributed by atoms with Crippen molar-refractivity contribution in [3.8, 4) is 0 Å². The zero-order chi connectivity index (χ0) is 10.9. The lowest BCUT2D eigenvalue weighted by Crippen LogP contribution is -2.17. The second-order valence-electron chi connectivity index (χ2n) is 4.66. The zero-order valence-corrected chi connectivity index (χ0v) is 9.50. The number of hydrogen-bond donors (Lipinski definition) is 1. The molecule has 0 unspecified atom stereocenters. The Bertz CT molecular complexity index is 327. The van der Waals surface area contributed by atoms with Crippen LogP contribution in [0.25, 0.3) is 0 Å². The van der Waals surface area contributed by atoms with Gasteiger partial charge >= 0.3 is 0 Å². The van der Waals surface area contributed by atoms with Crippen LogP contribution in [0, 0.1) is 6.92 Å². The fourth-order valence-electron chi connectivity index (χ4n) is 1.25. The summed E-state index contributed by atoms with van der Waals surface area (Å²) in [4.78, 5) is 8.66. The Morgan fingerprint density at radius 2 is 1.93 bits per heavy atom. The molecule has 1 rings (SSSR count). The van der Waals surface area contributed by atoms with Gasteiger partial charge in [0.25, 0.3) is 0 Å². The Labute approximate surface area is 85.2 Å². The standard InChI is InChI=1S/C11H18N2O/c1-7-9(8(2)14)6-12-10(13-7)11(3,4)5/h6,8,14H,1-5H3/t8-/m0/s1. The molecule has 0 aliphatic rings. The van der Waals surface area contributed by atoms with Gasteiger partial charge in [0.05, 0.1) is 6.10 Å². The fraction of sp³-hybridized carbons (Fsp3) is 0.636. The molecule has 78 valence electrons. The van der Waals surface area contributed by atoms with Crippen LogP contribution >= 0.6 is 0 Å². The minimum atomic E-state index is -0.496. The number of aliphatic hydroxyl groups excluding tert-OH is 1. The molecule has 0 fully saturated rings. The van der Waals surface area contributed by atoms with Crippen LogP contribution in [0.15, 0.2) is 6.20 Å². The van der Waals surface area contributed by atoms with E-state index in [4.69, 9.17) is 0 Å². The highest BCUT2D eigenvalue weighted by Gasteiger charge is 2.18. The van der Waals surface area contributed by atoms with Gasteiger partial charge in [0.1, 0.15) is 5.82 Å². The van der Waals surface area contributed by atoms with Gasteiger partial charge in [-0.3, -0.25) is 0 Å². The Morgan fingerprint density at radius 3 is 2.29 bits per heavy atom. The first-order valence-corrected chi connectivity index (χ1v) is 4.84. The molecule has 0 saturated carbocycles. The van der Waals surface area contributed by atoms with Gasteiger partial charge in [-0.1, -0.05) is 20.8 Å². The molecule has 0 aromatic carbocycles. The number of aryl methyl sites for hydroxylation is 1. The average molecular weight is 194 g/mol. The van der Waals surface area contributed by atoms with E-state index in [9.17, 15) is 5.11 Å². The van der Waals surface area contributed by atoms with E-state index in [0.717, 1.165) is 17.1 Å². The molecule has 0 spiro atoms. The monoisotopic (exact) mass is 194 g/mol. The lowest BCUT2D eigenvalue weighted by molar-refractivity contribution is 0.197. The molecule has 0 aliphatic carbocycles. The van der Waals surface area contributed by atoms with Gasteiger partial charge in [-0.05, 0) is 13.8 Å². The molecular weight excluding hydrogens is 176 g/mol. The van der Waals surface area contributed by atoms with Crippen LogP contribution in [0.2, 0.25) is 0 Å². The van der Waals surface area contributed by atoms with Crippen LogP contribution in [0.4, 0.5) is 0 Å². The molecular formula is C11H18N2O. The smallest absolute Gasteiger partial charge is 0.133 e. The van der Waals surface area contributed by atoms with Crippen LogP contribution in [0.3, 0.4) is 0 Å². The van der Waals surface area contributed by atoms with Crippen molar-refractivity contribution in [1.82, 2.24) is 9.97 Å². The number of nitrogens with zero attached hydrogens (tertiary/aromatic N) is 2. The van der Waals surface area contributed by atoms with Gasteiger partial charge < -0.3 is 5.11 Å². The maximum Gasteiger partial charge on any atom is 0.133 e. The number of rotatable bonds is 1. The normalized spacial score (nSPS) is 14.1. The van der Waals surface area contributed by atoms with E-state index in [-0.39, 0.29) is 5.41 Å². The van der Waals surface area contributed by atoms with Crippen molar-refractivity contribution in [3.63, 3.8) is 0 Å². The summed E-state index contributed by atoms with van der Waals surface area (Å²) >= 11 is 0. The summed E-state index contributed by atoms with van der Waals surface area (Å²) in [5.41, 5.74) is 1.63. The van der Waals surface area contributed by atoms with E-state index in [1.54, 1.807) is 13.1 Å². The molecule has 0 saturated heterocycles. The summed E-state index contributed by atoms with van der Waals surface area (Å²) in [5, 5.41) is 9.42. The highest BCUT2D eigenvalue weighted by atomic mass is 16.3. The molecule has 0 amide bonds. The molecule has 0 radical (unpaired) electrons. The van der Waals surface area contributed by atoms with Gasteiger partial charge in [-0.15, -0.1) is 0 Å². The van der Waals surface area contributed by atoms with Crippen molar-refractivity contribution in [2.24, 2.45) is 0 Å². The summed E-state index contributed by atoms with van der Waals surface area (Å²) in [6.07, 6.45) is 1.22. The lowest BCUT2D eigenvalue weighted by Gasteiger charge is -2.18. The van der Waals surface area contributed by atoms with Crippen LogP contribution in [-0.2, 0) is 5.41 Å². The summed E-state index contributed by atoms with van der Waals surface area (Å²) in [5.74, 6) is 0.819. The minimum absolute atomic E-state index is 0.0397. The Hall–Kier alpha value is -0.960. The lowest BCUT2D eigenvalue weighted by atomic mass is 9.95. The predicted octanol–water partition coefficient (Wildman–Crippen LogP) is 2.14. The summed E-state index contributed by atoms with van der Waals surface area (Å²) in [6, 6.07) is 0. The third-order valence-electron chi connectivity index (χ3n) is 2.14. The molecule has 14 heavy (non-hydrogen) atoms. The van der Waals surface area contributed by atoms with Crippen LogP contribution < -0.4 is 0 Å². The maximum absolute atomic E-state index is 9.42. The van der Waals surface area contributed by atoms with E-state index in [1.807, 2.05) is 6.92 Å². The van der Waals surface area contributed by atoms with Gasteiger partial charge in [-0.2, -0.15) is 0 Å². The molecule has 1 aromatic rings. The van der Waals surface area contributed by atoms with Crippen molar-refractivity contribution >= 4 is 0 Å². The fourth-order valence-corrected chi connectivity index (χ4v) is 1.25. The molecule has 1 N–H and O–H groups in total. The van der Waals surface area contributed by atoms with E-state index in [1.165, 1.54) is 0 Å². The van der Waals surface area contributed by atoms with E-state index in [0.29, 0.717) is 0 Å². The van der Waals surface area contributed by atoms with Gasteiger partial charge in [0.2, 0.25) is 0 Å². The van der Waals surface area contributed by atoms with Crippen LogP contribution in [0.5, 0.6) is 0 Å². The molecule has 1 aromatic heterocycles. The molecule has 1 heterocycles. The second kappa shape index (κ2) is 3.65. The Kier molecular flexibility index (Phi) is 2.90. The van der Waals surface area contributed by atoms with Crippen molar-refractivity contribution < 1.29 is 5.11 Å².